The van der Waals surface area contributed by atoms with Crippen molar-refractivity contribution >= 4 is 11.0 Å². The first kappa shape index (κ1) is 21.1. The Morgan fingerprint density at radius 1 is 0.903 bits per heavy atom. The van der Waals surface area contributed by atoms with Crippen LogP contribution in [-0.2, 0) is 18.1 Å². The molecule has 0 saturated heterocycles. The summed E-state index contributed by atoms with van der Waals surface area (Å²) < 4.78 is 43.5. The summed E-state index contributed by atoms with van der Waals surface area (Å²) >= 11 is 0. The summed E-state index contributed by atoms with van der Waals surface area (Å²) in [4.78, 5) is 4.63. The first-order valence-electron chi connectivity index (χ1n) is 10.1. The third-order valence-electron chi connectivity index (χ3n) is 5.40. The molecule has 3 nitrogen and oxygen atoms in total. The fourth-order valence-electron chi connectivity index (χ4n) is 3.73. The summed E-state index contributed by atoms with van der Waals surface area (Å²) in [6.45, 7) is 8.23. The van der Waals surface area contributed by atoms with Crippen LogP contribution < -0.4 is 0 Å². The van der Waals surface area contributed by atoms with Gasteiger partial charge in [-0.1, -0.05) is 75.4 Å². The van der Waals surface area contributed by atoms with Gasteiger partial charge in [0, 0.05) is 5.56 Å². The number of hydrogen-bond donors (Lipinski definition) is 0. The lowest BCUT2D eigenvalue weighted by atomic mass is 9.86. The number of benzene rings is 2. The molecule has 0 fully saturated rings. The highest BCUT2D eigenvalue weighted by molar-refractivity contribution is 5.85. The minimum absolute atomic E-state index is 0.0432. The van der Waals surface area contributed by atoms with Gasteiger partial charge >= 0.3 is 6.18 Å². The molecule has 0 aliphatic heterocycles. The third kappa shape index (κ3) is 4.20. The van der Waals surface area contributed by atoms with E-state index >= 15 is 0 Å². The molecule has 0 saturated carbocycles. The number of alkyl halides is 3. The molecule has 2 aromatic heterocycles. The number of halogens is 3. The molecular formula is C25H24F3N3. The number of pyridine rings is 1. The molecule has 6 heteroatoms. The maximum atomic E-state index is 14.0. The fourth-order valence-corrected chi connectivity index (χ4v) is 3.73. The molecule has 2 aromatic carbocycles. The zero-order chi connectivity index (χ0) is 22.4. The summed E-state index contributed by atoms with van der Waals surface area (Å²) in [5.41, 5.74) is 2.80. The number of fused-ring (bicyclic) bond motifs is 1. The average molecular weight is 423 g/mol. The number of aryl methyl sites for hydroxylation is 1. The van der Waals surface area contributed by atoms with E-state index in [1.807, 2.05) is 54.6 Å². The van der Waals surface area contributed by atoms with Crippen LogP contribution in [0.25, 0.3) is 22.3 Å². The van der Waals surface area contributed by atoms with Gasteiger partial charge in [-0.15, -0.1) is 0 Å². The molecule has 0 N–H and O–H groups in total. The molecule has 0 spiro atoms. The summed E-state index contributed by atoms with van der Waals surface area (Å²) in [6, 6.07) is 18.2. The molecule has 4 aromatic rings. The number of hydrogen-bond acceptors (Lipinski definition) is 2. The van der Waals surface area contributed by atoms with Gasteiger partial charge in [0.25, 0.3) is 0 Å². The van der Waals surface area contributed by atoms with E-state index < -0.39 is 11.7 Å². The predicted octanol–water partition coefficient (Wildman–Crippen LogP) is 6.77. The Balaban J connectivity index is 1.90. The molecule has 160 valence electrons. The second-order valence-electron chi connectivity index (χ2n) is 8.81. The van der Waals surface area contributed by atoms with E-state index in [2.05, 4.69) is 30.9 Å². The Morgan fingerprint density at radius 3 is 2.13 bits per heavy atom. The van der Waals surface area contributed by atoms with E-state index in [4.69, 9.17) is 0 Å². The van der Waals surface area contributed by atoms with Crippen molar-refractivity contribution in [1.29, 1.82) is 0 Å². The number of rotatable bonds is 3. The monoisotopic (exact) mass is 423 g/mol. The zero-order valence-electron chi connectivity index (χ0n) is 18.0. The van der Waals surface area contributed by atoms with Crippen molar-refractivity contribution in [1.82, 2.24) is 14.8 Å². The smallest absolute Gasteiger partial charge is 0.243 e. The van der Waals surface area contributed by atoms with Crippen LogP contribution in [0.2, 0.25) is 0 Å². The summed E-state index contributed by atoms with van der Waals surface area (Å²) in [7, 11) is 0. The second-order valence-corrected chi connectivity index (χ2v) is 8.81. The Kier molecular flexibility index (Phi) is 5.12. The molecule has 0 unspecified atom stereocenters. The minimum Gasteiger partial charge on any atom is -0.243 e. The number of nitrogens with zero attached hydrogens (tertiary/aromatic N) is 3. The van der Waals surface area contributed by atoms with Crippen LogP contribution in [0.1, 0.15) is 43.2 Å². The van der Waals surface area contributed by atoms with Crippen LogP contribution in [0, 0.1) is 6.92 Å². The highest BCUT2D eigenvalue weighted by Crippen LogP contribution is 2.38. The SMILES string of the molecule is Cc1nn(Cc2ccccc2)c2nc(-c3ccc(C(C)(C)C)cc3)cc(C(F)(F)F)c12. The molecule has 4 rings (SSSR count). The van der Waals surface area contributed by atoms with Gasteiger partial charge in [0.2, 0.25) is 0 Å². The summed E-state index contributed by atoms with van der Waals surface area (Å²) in [5, 5.41) is 4.45. The van der Waals surface area contributed by atoms with Crippen molar-refractivity contribution < 1.29 is 13.2 Å². The van der Waals surface area contributed by atoms with Gasteiger partial charge in [-0.05, 0) is 29.5 Å². The van der Waals surface area contributed by atoms with Gasteiger partial charge in [0.05, 0.1) is 28.9 Å². The van der Waals surface area contributed by atoms with Crippen LogP contribution >= 0.6 is 0 Å². The maximum absolute atomic E-state index is 14.0. The Hall–Kier alpha value is -3.15. The first-order valence-corrected chi connectivity index (χ1v) is 10.1. The molecule has 0 atom stereocenters. The lowest BCUT2D eigenvalue weighted by Crippen LogP contribution is -2.10. The van der Waals surface area contributed by atoms with Crippen molar-refractivity contribution in [2.75, 3.05) is 0 Å². The van der Waals surface area contributed by atoms with Crippen LogP contribution in [0.5, 0.6) is 0 Å². The van der Waals surface area contributed by atoms with Gasteiger partial charge in [-0.3, -0.25) is 0 Å². The molecule has 31 heavy (non-hydrogen) atoms. The summed E-state index contributed by atoms with van der Waals surface area (Å²) in [5.74, 6) is 0. The van der Waals surface area contributed by atoms with Crippen LogP contribution in [0.4, 0.5) is 13.2 Å². The van der Waals surface area contributed by atoms with Gasteiger partial charge in [-0.2, -0.15) is 18.3 Å². The lowest BCUT2D eigenvalue weighted by molar-refractivity contribution is -0.136. The largest absolute Gasteiger partial charge is 0.417 e. The van der Waals surface area contributed by atoms with Crippen molar-refractivity contribution in [3.05, 3.63) is 83.0 Å². The van der Waals surface area contributed by atoms with Crippen molar-refractivity contribution in [3.63, 3.8) is 0 Å². The number of aromatic nitrogens is 3. The van der Waals surface area contributed by atoms with E-state index in [0.717, 1.165) is 17.2 Å². The normalized spacial score (nSPS) is 12.5. The minimum atomic E-state index is -4.51. The van der Waals surface area contributed by atoms with Gasteiger partial charge in [0.1, 0.15) is 0 Å². The van der Waals surface area contributed by atoms with Crippen molar-refractivity contribution in [2.45, 2.75) is 45.8 Å². The highest BCUT2D eigenvalue weighted by Gasteiger charge is 2.35. The van der Waals surface area contributed by atoms with Gasteiger partial charge in [-0.25, -0.2) is 9.67 Å². The molecule has 0 aliphatic carbocycles. The molecule has 0 aliphatic rings. The van der Waals surface area contributed by atoms with E-state index in [-0.39, 0.29) is 22.1 Å². The quantitative estimate of drug-likeness (QED) is 0.364. The Morgan fingerprint density at radius 2 is 1.55 bits per heavy atom. The molecule has 0 bridgehead atoms. The topological polar surface area (TPSA) is 30.7 Å². The Labute approximate surface area is 179 Å². The second kappa shape index (κ2) is 7.52. The van der Waals surface area contributed by atoms with Crippen LogP contribution in [0.15, 0.2) is 60.7 Å². The van der Waals surface area contributed by atoms with E-state index in [1.165, 1.54) is 0 Å². The average Bonchev–Trinajstić information content (AvgIpc) is 3.02. The molecule has 0 radical (unpaired) electrons. The van der Waals surface area contributed by atoms with Gasteiger partial charge in [0.15, 0.2) is 5.65 Å². The molecular weight excluding hydrogens is 399 g/mol. The van der Waals surface area contributed by atoms with Crippen molar-refractivity contribution in [2.24, 2.45) is 0 Å². The Bertz CT molecular complexity index is 1220. The fraction of sp³-hybridized carbons (Fsp3) is 0.280. The highest BCUT2D eigenvalue weighted by atomic mass is 19.4. The molecule has 0 amide bonds. The molecule has 2 heterocycles. The van der Waals surface area contributed by atoms with E-state index in [0.29, 0.717) is 17.8 Å². The third-order valence-corrected chi connectivity index (χ3v) is 5.40. The van der Waals surface area contributed by atoms with E-state index in [1.54, 1.807) is 11.6 Å². The first-order chi connectivity index (χ1) is 14.5. The standard InChI is InChI=1S/C25H24F3N3/c1-16-22-20(25(26,27)28)14-21(18-10-12-19(13-11-18)24(2,3)4)29-23(22)31(30-16)15-17-8-6-5-7-9-17/h5-14H,15H2,1-4H3. The maximum Gasteiger partial charge on any atom is 0.417 e. The zero-order valence-corrected chi connectivity index (χ0v) is 18.0. The van der Waals surface area contributed by atoms with Crippen LogP contribution in [-0.4, -0.2) is 14.8 Å². The lowest BCUT2D eigenvalue weighted by Gasteiger charge is -2.19. The van der Waals surface area contributed by atoms with Gasteiger partial charge < -0.3 is 0 Å². The van der Waals surface area contributed by atoms with E-state index in [9.17, 15) is 13.2 Å². The summed E-state index contributed by atoms with van der Waals surface area (Å²) in [6.07, 6.45) is -4.51. The van der Waals surface area contributed by atoms with Crippen molar-refractivity contribution in [3.8, 4) is 11.3 Å². The van der Waals surface area contributed by atoms with Crippen LogP contribution in [0.3, 0.4) is 0 Å². The predicted molar refractivity (Wildman–Crippen MR) is 117 cm³/mol.